The van der Waals surface area contributed by atoms with Gasteiger partial charge >= 0.3 is 22.2 Å². The molecule has 0 unspecified atom stereocenters. The topological polar surface area (TPSA) is 129 Å². The lowest BCUT2D eigenvalue weighted by molar-refractivity contribution is -0.116. The summed E-state index contributed by atoms with van der Waals surface area (Å²) in [5.74, 6) is -0.787. The zero-order valence-corrected chi connectivity index (χ0v) is 23.9. The van der Waals surface area contributed by atoms with Gasteiger partial charge in [0.1, 0.15) is 0 Å². The van der Waals surface area contributed by atoms with E-state index in [4.69, 9.17) is 0 Å². The molecule has 204 valence electrons. The first kappa shape index (κ1) is 26.0. The third-order valence-corrected chi connectivity index (χ3v) is 9.88. The lowest BCUT2D eigenvalue weighted by Gasteiger charge is -2.32. The van der Waals surface area contributed by atoms with E-state index in [0.717, 1.165) is 23.5 Å². The number of aryl methyl sites for hydroxylation is 4. The third kappa shape index (κ3) is 3.35. The highest BCUT2D eigenvalue weighted by Crippen LogP contribution is 2.50. The number of benzene rings is 2. The second-order valence-electron chi connectivity index (χ2n) is 9.66. The van der Waals surface area contributed by atoms with Crippen LogP contribution in [0.5, 0.6) is 0 Å². The average Bonchev–Trinajstić information content (AvgIpc) is 2.95. The Labute approximate surface area is 233 Å². The standard InChI is InChI=1S/C26H22N6O6S2/c1-27-11-7-15-17(9-13(11)29(3)25(37)23(27)35)39-19(21(33)31(15)5)20-22(34)32(6)16-8-12-14(10-18(16)40-20)30(4)26(38)24(36)28(12)2/h7-10H,1-6H3/b20-19-. The van der Waals surface area contributed by atoms with Crippen molar-refractivity contribution in [3.8, 4) is 0 Å². The molecule has 0 fully saturated rings. The predicted molar refractivity (Wildman–Crippen MR) is 154 cm³/mol. The molecule has 0 saturated carbocycles. The fraction of sp³-hybridized carbons (Fsp3) is 0.231. The van der Waals surface area contributed by atoms with Gasteiger partial charge in [0.2, 0.25) is 0 Å². The van der Waals surface area contributed by atoms with Crippen LogP contribution in [0.15, 0.2) is 63.0 Å². The minimum Gasteiger partial charge on any atom is -0.310 e. The number of thioether (sulfide) groups is 2. The van der Waals surface area contributed by atoms with Crippen molar-refractivity contribution >= 4 is 68.8 Å². The Morgan fingerprint density at radius 2 is 0.725 bits per heavy atom. The Morgan fingerprint density at radius 1 is 0.450 bits per heavy atom. The van der Waals surface area contributed by atoms with E-state index in [-0.39, 0.29) is 9.81 Å². The van der Waals surface area contributed by atoms with Crippen LogP contribution >= 0.6 is 23.5 Å². The van der Waals surface area contributed by atoms with Crippen molar-refractivity contribution in [3.63, 3.8) is 0 Å². The van der Waals surface area contributed by atoms with Gasteiger partial charge in [-0.25, -0.2) is 0 Å². The maximum atomic E-state index is 13.6. The minimum atomic E-state index is -0.675. The Morgan fingerprint density at radius 3 is 1.02 bits per heavy atom. The number of likely N-dealkylation sites (N-methyl/N-ethyl adjacent to an activating group) is 2. The second-order valence-corrected chi connectivity index (χ2v) is 11.8. The van der Waals surface area contributed by atoms with Crippen LogP contribution < -0.4 is 32.0 Å². The van der Waals surface area contributed by atoms with Crippen LogP contribution in [0.3, 0.4) is 0 Å². The molecule has 0 radical (unpaired) electrons. The zero-order chi connectivity index (χ0) is 28.9. The summed E-state index contributed by atoms with van der Waals surface area (Å²) in [6.07, 6.45) is 0. The number of fused-ring (bicyclic) bond motifs is 4. The summed E-state index contributed by atoms with van der Waals surface area (Å²) in [7, 11) is 9.22. The number of anilines is 2. The third-order valence-electron chi connectivity index (χ3n) is 7.49. The lowest BCUT2D eigenvalue weighted by atomic mass is 10.2. The lowest BCUT2D eigenvalue weighted by Crippen LogP contribution is -2.40. The van der Waals surface area contributed by atoms with E-state index in [1.54, 1.807) is 38.4 Å². The van der Waals surface area contributed by atoms with E-state index in [0.29, 0.717) is 43.2 Å². The smallest absolute Gasteiger partial charge is 0.310 e. The fourth-order valence-electron chi connectivity index (χ4n) is 4.98. The first-order valence-electron chi connectivity index (χ1n) is 12.0. The molecule has 0 saturated heterocycles. The van der Waals surface area contributed by atoms with Gasteiger partial charge in [0.25, 0.3) is 11.8 Å². The number of carbonyl (C=O) groups excluding carboxylic acids is 2. The van der Waals surface area contributed by atoms with Crippen molar-refractivity contribution in [2.24, 2.45) is 28.2 Å². The summed E-state index contributed by atoms with van der Waals surface area (Å²) >= 11 is 2.25. The molecular weight excluding hydrogens is 556 g/mol. The van der Waals surface area contributed by atoms with Gasteiger partial charge in [-0.05, 0) is 24.3 Å². The van der Waals surface area contributed by atoms with Gasteiger partial charge in [-0.15, -0.1) is 0 Å². The molecule has 6 rings (SSSR count). The maximum absolute atomic E-state index is 13.6. The number of nitrogens with zero attached hydrogens (tertiary/aromatic N) is 6. The summed E-state index contributed by atoms with van der Waals surface area (Å²) in [6.45, 7) is 0. The molecule has 14 heteroatoms. The van der Waals surface area contributed by atoms with Crippen LogP contribution in [0.2, 0.25) is 0 Å². The number of aromatic nitrogens is 4. The highest BCUT2D eigenvalue weighted by atomic mass is 32.2. The molecule has 12 nitrogen and oxygen atoms in total. The molecule has 2 amide bonds. The molecule has 4 heterocycles. The molecule has 2 aliphatic heterocycles. The Hall–Kier alpha value is -4.30. The van der Waals surface area contributed by atoms with E-state index in [2.05, 4.69) is 0 Å². The first-order valence-corrected chi connectivity index (χ1v) is 13.6. The van der Waals surface area contributed by atoms with Crippen LogP contribution in [0.1, 0.15) is 0 Å². The van der Waals surface area contributed by atoms with Gasteiger partial charge in [-0.2, -0.15) is 0 Å². The highest BCUT2D eigenvalue weighted by Gasteiger charge is 2.37. The maximum Gasteiger partial charge on any atom is 0.316 e. The molecule has 0 spiro atoms. The van der Waals surface area contributed by atoms with Crippen molar-refractivity contribution in [2.75, 3.05) is 23.9 Å². The molecule has 2 aliphatic rings. The van der Waals surface area contributed by atoms with E-state index >= 15 is 0 Å². The van der Waals surface area contributed by atoms with Crippen molar-refractivity contribution in [1.82, 2.24) is 18.3 Å². The van der Waals surface area contributed by atoms with Crippen LogP contribution in [0.4, 0.5) is 11.4 Å². The van der Waals surface area contributed by atoms with Crippen LogP contribution in [0, 0.1) is 0 Å². The van der Waals surface area contributed by atoms with Gasteiger partial charge in [-0.1, -0.05) is 23.5 Å². The molecule has 4 aromatic rings. The summed E-state index contributed by atoms with van der Waals surface area (Å²) in [6, 6.07) is 6.84. The van der Waals surface area contributed by atoms with E-state index in [9.17, 15) is 28.8 Å². The van der Waals surface area contributed by atoms with E-state index in [1.807, 2.05) is 0 Å². The van der Waals surface area contributed by atoms with Gasteiger partial charge in [-0.3, -0.25) is 28.8 Å². The van der Waals surface area contributed by atoms with Gasteiger partial charge in [0.05, 0.1) is 43.3 Å². The largest absolute Gasteiger partial charge is 0.316 e. The monoisotopic (exact) mass is 578 g/mol. The van der Waals surface area contributed by atoms with Crippen LogP contribution in [0.25, 0.3) is 22.1 Å². The highest BCUT2D eigenvalue weighted by molar-refractivity contribution is 8.08. The quantitative estimate of drug-likeness (QED) is 0.222. The number of rotatable bonds is 0. The van der Waals surface area contributed by atoms with E-state index < -0.39 is 34.1 Å². The SMILES string of the molecule is CN1C(=O)/C(=C2/Sc3cc4c(cc3N(C)C2=O)n(C)c(=O)c(=O)n4C)Sc2cc3c(cc21)n(C)c(=O)c(=O)n3C. The number of hydrogen-bond donors (Lipinski definition) is 0. The molecule has 0 aliphatic carbocycles. The van der Waals surface area contributed by atoms with Crippen LogP contribution in [-0.2, 0) is 37.8 Å². The summed E-state index contributed by atoms with van der Waals surface area (Å²) < 4.78 is 5.06. The van der Waals surface area contributed by atoms with Crippen molar-refractivity contribution < 1.29 is 9.59 Å². The summed E-state index contributed by atoms with van der Waals surface area (Å²) in [5, 5.41) is 0. The minimum absolute atomic E-state index is 0.214. The van der Waals surface area contributed by atoms with Gasteiger partial charge < -0.3 is 28.1 Å². The molecule has 0 N–H and O–H groups in total. The summed E-state index contributed by atoms with van der Waals surface area (Å²) in [5.41, 5.74) is 0.397. The summed E-state index contributed by atoms with van der Waals surface area (Å²) in [4.78, 5) is 81.3. The van der Waals surface area contributed by atoms with Gasteiger partial charge in [0.15, 0.2) is 0 Å². The predicted octanol–water partition coefficient (Wildman–Crippen LogP) is 0.837. The molecule has 40 heavy (non-hydrogen) atoms. The van der Waals surface area contributed by atoms with Crippen molar-refractivity contribution in [1.29, 1.82) is 0 Å². The first-order chi connectivity index (χ1) is 18.8. The zero-order valence-electron chi connectivity index (χ0n) is 22.3. The number of amides is 2. The normalized spacial score (nSPS) is 17.1. The van der Waals surface area contributed by atoms with Crippen molar-refractivity contribution in [3.05, 3.63) is 75.5 Å². The van der Waals surface area contributed by atoms with Gasteiger partial charge in [0, 0.05) is 52.1 Å². The van der Waals surface area contributed by atoms with E-state index in [1.165, 1.54) is 56.3 Å². The second kappa shape index (κ2) is 8.60. The average molecular weight is 579 g/mol. The Kier molecular flexibility index (Phi) is 5.58. The molecule has 0 atom stereocenters. The number of hydrogen-bond acceptors (Lipinski definition) is 8. The molecule has 2 aromatic heterocycles. The Balaban J connectivity index is 1.55. The molecule has 2 aromatic carbocycles. The molecule has 0 bridgehead atoms. The fourth-order valence-corrected chi connectivity index (χ4v) is 7.42. The number of carbonyl (C=O) groups is 2. The Bertz CT molecular complexity index is 2020. The van der Waals surface area contributed by atoms with Crippen LogP contribution in [-0.4, -0.2) is 44.2 Å². The van der Waals surface area contributed by atoms with Crippen molar-refractivity contribution in [2.45, 2.75) is 9.79 Å². The molecular formula is C26H22N6O6S2.